The van der Waals surface area contributed by atoms with Gasteiger partial charge in [-0.15, -0.1) is 0 Å². The summed E-state index contributed by atoms with van der Waals surface area (Å²) in [4.78, 5) is 23.5. The first-order chi connectivity index (χ1) is 13.7. The van der Waals surface area contributed by atoms with Gasteiger partial charge < -0.3 is 15.5 Å². The van der Waals surface area contributed by atoms with Crippen LogP contribution in [-0.2, 0) is 0 Å². The van der Waals surface area contributed by atoms with Crippen LogP contribution >= 0.6 is 11.3 Å². The van der Waals surface area contributed by atoms with E-state index in [-0.39, 0.29) is 23.8 Å². The van der Waals surface area contributed by atoms with Crippen molar-refractivity contribution in [2.75, 3.05) is 24.5 Å². The number of benzene rings is 1. The summed E-state index contributed by atoms with van der Waals surface area (Å²) in [6, 6.07) is 6.76. The number of fused-ring (bicyclic) bond motifs is 2. The molecule has 3 aliphatic rings. The number of amides is 1. The summed E-state index contributed by atoms with van der Waals surface area (Å²) < 4.78 is 13.4. The number of carbonyl (C=O) groups excluding carboxylic acids is 1. The van der Waals surface area contributed by atoms with E-state index in [0.29, 0.717) is 18.2 Å². The number of nitrogens with zero attached hydrogens (tertiary/aromatic N) is 3. The van der Waals surface area contributed by atoms with E-state index in [4.69, 9.17) is 10.7 Å². The van der Waals surface area contributed by atoms with Gasteiger partial charge in [0.25, 0.3) is 5.91 Å². The minimum absolute atomic E-state index is 0.0105. The fourth-order valence-electron chi connectivity index (χ4n) is 5.13. The van der Waals surface area contributed by atoms with Crippen molar-refractivity contribution in [3.05, 3.63) is 35.8 Å². The van der Waals surface area contributed by atoms with E-state index < -0.39 is 0 Å². The number of piperidine rings is 1. The molecule has 1 amide bonds. The third-order valence-corrected chi connectivity index (χ3v) is 7.68. The minimum Gasteiger partial charge on any atom is -0.348 e. The summed E-state index contributed by atoms with van der Waals surface area (Å²) in [6.45, 7) is 2.45. The van der Waals surface area contributed by atoms with Gasteiger partial charge in [-0.2, -0.15) is 0 Å². The molecule has 5 rings (SSSR count). The lowest BCUT2D eigenvalue weighted by Gasteiger charge is -2.34. The molecule has 0 radical (unpaired) electrons. The van der Waals surface area contributed by atoms with Gasteiger partial charge in [0, 0.05) is 31.7 Å². The van der Waals surface area contributed by atoms with Crippen molar-refractivity contribution < 1.29 is 9.18 Å². The molecule has 2 saturated heterocycles. The zero-order valence-corrected chi connectivity index (χ0v) is 16.6. The zero-order valence-electron chi connectivity index (χ0n) is 15.8. The van der Waals surface area contributed by atoms with Crippen LogP contribution in [0.3, 0.4) is 0 Å². The zero-order chi connectivity index (χ0) is 19.3. The number of hydrogen-bond donors (Lipinski definition) is 1. The van der Waals surface area contributed by atoms with Crippen molar-refractivity contribution in [3.8, 4) is 10.4 Å². The van der Waals surface area contributed by atoms with Gasteiger partial charge in [-0.3, -0.25) is 4.79 Å². The topological polar surface area (TPSA) is 62.5 Å². The van der Waals surface area contributed by atoms with E-state index in [0.717, 1.165) is 60.8 Å². The molecule has 5 nitrogen and oxygen atoms in total. The molecule has 1 aromatic carbocycles. The fourth-order valence-corrected chi connectivity index (χ4v) is 6.25. The van der Waals surface area contributed by atoms with Gasteiger partial charge in [0.15, 0.2) is 5.13 Å². The molecule has 2 N–H and O–H groups in total. The molecule has 7 heteroatoms. The third kappa shape index (κ3) is 2.92. The van der Waals surface area contributed by atoms with Gasteiger partial charge in [-0.05, 0) is 55.7 Å². The highest BCUT2D eigenvalue weighted by Crippen LogP contribution is 2.44. The number of likely N-dealkylation sites (tertiary alicyclic amines) is 1. The molecule has 148 valence electrons. The average molecular weight is 401 g/mol. The number of carbonyl (C=O) groups is 1. The van der Waals surface area contributed by atoms with Crippen molar-refractivity contribution in [3.63, 3.8) is 0 Å². The first-order valence-corrected chi connectivity index (χ1v) is 11.0. The van der Waals surface area contributed by atoms with Gasteiger partial charge >= 0.3 is 0 Å². The van der Waals surface area contributed by atoms with Crippen LogP contribution in [-0.4, -0.2) is 47.5 Å². The van der Waals surface area contributed by atoms with E-state index in [2.05, 4.69) is 4.90 Å². The summed E-state index contributed by atoms with van der Waals surface area (Å²) in [5.74, 6) is 0.231. The van der Waals surface area contributed by atoms with Gasteiger partial charge in [0.2, 0.25) is 0 Å². The lowest BCUT2D eigenvalue weighted by atomic mass is 9.98. The van der Waals surface area contributed by atoms with E-state index >= 15 is 0 Å². The van der Waals surface area contributed by atoms with Crippen LogP contribution < -0.4 is 10.6 Å². The van der Waals surface area contributed by atoms with E-state index in [1.54, 1.807) is 23.5 Å². The summed E-state index contributed by atoms with van der Waals surface area (Å²) in [6.07, 6.45) is 5.58. The average Bonchev–Trinajstić information content (AvgIpc) is 3.50. The Hall–Kier alpha value is -1.99. The van der Waals surface area contributed by atoms with Crippen molar-refractivity contribution in [2.45, 2.75) is 44.2 Å². The second-order valence-corrected chi connectivity index (χ2v) is 9.10. The SMILES string of the molecule is NC[C@H]1[C@@H]2CC[C@@H](C2)N1C(=O)c1nc(N2CCCC2)sc1-c1ccc(F)cc1. The Morgan fingerprint density at radius 1 is 1.21 bits per heavy atom. The molecule has 3 atom stereocenters. The molecule has 2 aliphatic heterocycles. The Morgan fingerprint density at radius 2 is 1.96 bits per heavy atom. The molecule has 0 spiro atoms. The van der Waals surface area contributed by atoms with Crippen LogP contribution in [0.25, 0.3) is 10.4 Å². The highest BCUT2D eigenvalue weighted by Gasteiger charge is 2.48. The number of thiazole rings is 1. The Labute approximate surface area is 168 Å². The Morgan fingerprint density at radius 3 is 2.68 bits per heavy atom. The maximum absolute atomic E-state index is 13.6. The maximum atomic E-state index is 13.6. The third-order valence-electron chi connectivity index (χ3n) is 6.52. The summed E-state index contributed by atoms with van der Waals surface area (Å²) >= 11 is 1.55. The number of rotatable bonds is 4. The highest BCUT2D eigenvalue weighted by atomic mass is 32.1. The van der Waals surface area contributed by atoms with Gasteiger partial charge in [-0.1, -0.05) is 23.5 Å². The molecular weight excluding hydrogens is 375 g/mol. The molecule has 2 bridgehead atoms. The summed E-state index contributed by atoms with van der Waals surface area (Å²) in [7, 11) is 0. The van der Waals surface area contributed by atoms with E-state index in [1.807, 2.05) is 4.90 Å². The minimum atomic E-state index is -0.277. The molecule has 1 aliphatic carbocycles. The molecular formula is C21H25FN4OS. The quantitative estimate of drug-likeness (QED) is 0.853. The molecule has 1 saturated carbocycles. The van der Waals surface area contributed by atoms with Crippen molar-refractivity contribution in [2.24, 2.45) is 11.7 Å². The number of aromatic nitrogens is 1. The van der Waals surface area contributed by atoms with Crippen molar-refractivity contribution in [1.82, 2.24) is 9.88 Å². The lowest BCUT2D eigenvalue weighted by molar-refractivity contribution is 0.0598. The van der Waals surface area contributed by atoms with Crippen LogP contribution in [0.1, 0.15) is 42.6 Å². The van der Waals surface area contributed by atoms with E-state index in [9.17, 15) is 9.18 Å². The van der Waals surface area contributed by atoms with Crippen molar-refractivity contribution >= 4 is 22.4 Å². The molecule has 0 unspecified atom stereocenters. The lowest BCUT2D eigenvalue weighted by Crippen LogP contribution is -2.48. The number of hydrogen-bond acceptors (Lipinski definition) is 5. The molecule has 3 heterocycles. The Bertz CT molecular complexity index is 877. The van der Waals surface area contributed by atoms with Crippen LogP contribution in [0.15, 0.2) is 24.3 Å². The monoisotopic (exact) mass is 400 g/mol. The number of nitrogens with two attached hydrogens (primary N) is 1. The standard InChI is InChI=1S/C21H25FN4OS/c22-15-6-3-13(4-7-15)19-18(24-21(28-19)25-9-1-2-10-25)20(27)26-16-8-5-14(11-16)17(26)12-23/h3-4,6-7,14,16-17H,1-2,5,8-12,23H2/t14-,16+,17+/m1/s1. The van der Waals surface area contributed by atoms with E-state index in [1.165, 1.54) is 12.1 Å². The Kier molecular flexibility index (Phi) is 4.59. The predicted octanol–water partition coefficient (Wildman–Crippen LogP) is 3.50. The smallest absolute Gasteiger partial charge is 0.274 e. The fraction of sp³-hybridized carbons (Fsp3) is 0.524. The maximum Gasteiger partial charge on any atom is 0.274 e. The number of anilines is 1. The van der Waals surface area contributed by atoms with Crippen LogP contribution in [0.4, 0.5) is 9.52 Å². The van der Waals surface area contributed by atoms with Gasteiger partial charge in [0.05, 0.1) is 4.88 Å². The van der Waals surface area contributed by atoms with Crippen LogP contribution in [0.5, 0.6) is 0 Å². The normalized spacial score (nSPS) is 26.4. The van der Waals surface area contributed by atoms with Crippen LogP contribution in [0, 0.1) is 11.7 Å². The van der Waals surface area contributed by atoms with Gasteiger partial charge in [0.1, 0.15) is 11.5 Å². The molecule has 3 fully saturated rings. The van der Waals surface area contributed by atoms with Crippen molar-refractivity contribution in [1.29, 1.82) is 0 Å². The largest absolute Gasteiger partial charge is 0.348 e. The number of halogens is 1. The van der Waals surface area contributed by atoms with Crippen LogP contribution in [0.2, 0.25) is 0 Å². The second-order valence-electron chi connectivity index (χ2n) is 8.12. The second kappa shape index (κ2) is 7.12. The highest BCUT2D eigenvalue weighted by molar-refractivity contribution is 7.19. The van der Waals surface area contributed by atoms with Gasteiger partial charge in [-0.25, -0.2) is 9.37 Å². The summed E-state index contributed by atoms with van der Waals surface area (Å²) in [5.41, 5.74) is 7.39. The predicted molar refractivity (Wildman–Crippen MR) is 109 cm³/mol. The Balaban J connectivity index is 1.55. The molecule has 28 heavy (non-hydrogen) atoms. The first kappa shape index (κ1) is 18.1. The molecule has 2 aromatic rings. The summed E-state index contributed by atoms with van der Waals surface area (Å²) in [5, 5.41) is 0.897. The first-order valence-electron chi connectivity index (χ1n) is 10.2. The molecule has 1 aromatic heterocycles.